The summed E-state index contributed by atoms with van der Waals surface area (Å²) in [4.78, 5) is 30.2. The van der Waals surface area contributed by atoms with E-state index in [0.717, 1.165) is 5.06 Å². The number of aromatic nitrogens is 1. The van der Waals surface area contributed by atoms with Gasteiger partial charge in [0.05, 0.1) is 11.6 Å². The Balaban J connectivity index is 3.21. The van der Waals surface area contributed by atoms with Crippen LogP contribution in [0.4, 0.5) is 0 Å². The third-order valence-corrected chi connectivity index (χ3v) is 2.56. The second-order valence-electron chi connectivity index (χ2n) is 2.99. The van der Waals surface area contributed by atoms with Gasteiger partial charge in [-0.3, -0.25) is 14.4 Å². The van der Waals surface area contributed by atoms with E-state index >= 15 is 0 Å². The smallest absolute Gasteiger partial charge is 0.293 e. The second kappa shape index (κ2) is 4.59. The van der Waals surface area contributed by atoms with Gasteiger partial charge in [-0.05, 0) is 34.5 Å². The third kappa shape index (κ3) is 2.45. The standard InChI is InChI=1S/C9H11BrN2O3/c1-5-4-6(10)8(13)11-7(5)9(14)12(2)15-3/h4H,1-3H3,(H,11,13). The van der Waals surface area contributed by atoms with Crippen LogP contribution in [-0.2, 0) is 4.84 Å². The largest absolute Gasteiger partial charge is 0.317 e. The van der Waals surface area contributed by atoms with Gasteiger partial charge in [-0.15, -0.1) is 0 Å². The number of hydroxylamine groups is 2. The van der Waals surface area contributed by atoms with Crippen molar-refractivity contribution in [3.63, 3.8) is 0 Å². The van der Waals surface area contributed by atoms with Crippen LogP contribution >= 0.6 is 15.9 Å². The minimum absolute atomic E-state index is 0.229. The first-order valence-corrected chi connectivity index (χ1v) is 4.98. The molecule has 1 aromatic heterocycles. The molecule has 82 valence electrons. The highest BCUT2D eigenvalue weighted by atomic mass is 79.9. The van der Waals surface area contributed by atoms with Crippen molar-refractivity contribution in [1.29, 1.82) is 0 Å². The van der Waals surface area contributed by atoms with Gasteiger partial charge < -0.3 is 4.98 Å². The lowest BCUT2D eigenvalue weighted by atomic mass is 10.2. The molecule has 0 unspecified atom stereocenters. The SMILES string of the molecule is CON(C)C(=O)c1[nH]c(=O)c(Br)cc1C. The van der Waals surface area contributed by atoms with Crippen LogP contribution < -0.4 is 5.56 Å². The maximum absolute atomic E-state index is 11.7. The lowest BCUT2D eigenvalue weighted by Gasteiger charge is -2.14. The number of aryl methyl sites for hydroxylation is 1. The van der Waals surface area contributed by atoms with E-state index in [2.05, 4.69) is 20.9 Å². The first kappa shape index (κ1) is 11.9. The van der Waals surface area contributed by atoms with E-state index in [4.69, 9.17) is 4.84 Å². The molecule has 0 bridgehead atoms. The van der Waals surface area contributed by atoms with Crippen LogP contribution in [0.15, 0.2) is 15.3 Å². The van der Waals surface area contributed by atoms with E-state index in [0.29, 0.717) is 10.0 Å². The van der Waals surface area contributed by atoms with E-state index < -0.39 is 0 Å². The highest BCUT2D eigenvalue weighted by Gasteiger charge is 2.15. The summed E-state index contributed by atoms with van der Waals surface area (Å²) in [6, 6.07) is 1.59. The van der Waals surface area contributed by atoms with Crippen molar-refractivity contribution in [3.8, 4) is 0 Å². The Labute approximate surface area is 95.1 Å². The van der Waals surface area contributed by atoms with Crippen LogP contribution in [0.2, 0.25) is 0 Å². The molecule has 0 spiro atoms. The molecular weight excluding hydrogens is 264 g/mol. The molecule has 1 amide bonds. The Kier molecular flexibility index (Phi) is 3.65. The Morgan fingerprint density at radius 2 is 2.20 bits per heavy atom. The summed E-state index contributed by atoms with van der Waals surface area (Å²) >= 11 is 3.08. The van der Waals surface area contributed by atoms with E-state index in [1.54, 1.807) is 13.0 Å². The molecule has 0 atom stereocenters. The molecule has 0 saturated carbocycles. The van der Waals surface area contributed by atoms with Crippen LogP contribution in [-0.4, -0.2) is 30.1 Å². The molecule has 6 heteroatoms. The van der Waals surface area contributed by atoms with Gasteiger partial charge in [-0.25, -0.2) is 5.06 Å². The molecule has 5 nitrogen and oxygen atoms in total. The zero-order valence-corrected chi connectivity index (χ0v) is 10.2. The van der Waals surface area contributed by atoms with Gasteiger partial charge in [0.25, 0.3) is 11.5 Å². The van der Waals surface area contributed by atoms with Crippen molar-refractivity contribution < 1.29 is 9.63 Å². The van der Waals surface area contributed by atoms with Gasteiger partial charge in [0.1, 0.15) is 5.69 Å². The molecule has 1 N–H and O–H groups in total. The average Bonchev–Trinajstić information content (AvgIpc) is 2.21. The highest BCUT2D eigenvalue weighted by molar-refractivity contribution is 9.10. The number of pyridine rings is 1. The minimum Gasteiger partial charge on any atom is -0.317 e. The second-order valence-corrected chi connectivity index (χ2v) is 3.84. The van der Waals surface area contributed by atoms with Gasteiger partial charge >= 0.3 is 0 Å². The van der Waals surface area contributed by atoms with Gasteiger partial charge in [0.15, 0.2) is 0 Å². The van der Waals surface area contributed by atoms with E-state index in [-0.39, 0.29) is 17.2 Å². The molecule has 1 rings (SSSR count). The summed E-state index contributed by atoms with van der Waals surface area (Å²) in [7, 11) is 2.85. The quantitative estimate of drug-likeness (QED) is 0.821. The molecule has 15 heavy (non-hydrogen) atoms. The highest BCUT2D eigenvalue weighted by Crippen LogP contribution is 2.10. The normalized spacial score (nSPS) is 10.1. The maximum Gasteiger partial charge on any atom is 0.293 e. The number of carbonyl (C=O) groups is 1. The fraction of sp³-hybridized carbons (Fsp3) is 0.333. The number of H-pyrrole nitrogens is 1. The Morgan fingerprint density at radius 1 is 1.60 bits per heavy atom. The molecule has 0 radical (unpaired) electrons. The first-order chi connectivity index (χ1) is 6.97. The van der Waals surface area contributed by atoms with Crippen molar-refractivity contribution in [2.45, 2.75) is 6.92 Å². The predicted octanol–water partition coefficient (Wildman–Crippen LogP) is 1.08. The van der Waals surface area contributed by atoms with Gasteiger partial charge in [0.2, 0.25) is 0 Å². The number of halogens is 1. The van der Waals surface area contributed by atoms with Crippen molar-refractivity contribution in [2.24, 2.45) is 0 Å². The van der Waals surface area contributed by atoms with Crippen LogP contribution in [0.3, 0.4) is 0 Å². The topological polar surface area (TPSA) is 62.4 Å². The summed E-state index contributed by atoms with van der Waals surface area (Å²) in [5, 5.41) is 1.05. The number of nitrogens with one attached hydrogen (secondary N) is 1. The zero-order valence-electron chi connectivity index (χ0n) is 8.63. The molecule has 0 aliphatic carbocycles. The molecule has 1 heterocycles. The lowest BCUT2D eigenvalue weighted by molar-refractivity contribution is -0.0761. The number of hydrogen-bond donors (Lipinski definition) is 1. The molecule has 1 aromatic rings. The van der Waals surface area contributed by atoms with Crippen LogP contribution in [0.1, 0.15) is 16.1 Å². The van der Waals surface area contributed by atoms with Crippen molar-refractivity contribution in [3.05, 3.63) is 32.2 Å². The predicted molar refractivity (Wildman–Crippen MR) is 58.6 cm³/mol. The number of amides is 1. The number of nitrogens with zero attached hydrogens (tertiary/aromatic N) is 1. The van der Waals surface area contributed by atoms with Crippen LogP contribution in [0.25, 0.3) is 0 Å². The molecule has 0 fully saturated rings. The Bertz CT molecular complexity index is 441. The lowest BCUT2D eigenvalue weighted by Crippen LogP contribution is -2.29. The van der Waals surface area contributed by atoms with Gasteiger partial charge in [-0.1, -0.05) is 0 Å². The van der Waals surface area contributed by atoms with E-state index in [1.165, 1.54) is 14.2 Å². The summed E-state index contributed by atoms with van der Waals surface area (Å²) in [6.07, 6.45) is 0. The van der Waals surface area contributed by atoms with Gasteiger partial charge in [0, 0.05) is 7.05 Å². The number of rotatable bonds is 2. The van der Waals surface area contributed by atoms with Crippen molar-refractivity contribution >= 4 is 21.8 Å². The van der Waals surface area contributed by atoms with Crippen molar-refractivity contribution in [2.75, 3.05) is 14.2 Å². The molecular formula is C9H11BrN2O3. The summed E-state index contributed by atoms with van der Waals surface area (Å²) in [6.45, 7) is 1.73. The van der Waals surface area contributed by atoms with Crippen molar-refractivity contribution in [1.82, 2.24) is 10.0 Å². The molecule has 0 aliphatic rings. The zero-order chi connectivity index (χ0) is 11.6. The summed E-state index contributed by atoms with van der Waals surface area (Å²) in [5.41, 5.74) is 0.566. The summed E-state index contributed by atoms with van der Waals surface area (Å²) in [5.74, 6) is -0.389. The molecule has 0 aliphatic heterocycles. The van der Waals surface area contributed by atoms with Crippen LogP contribution in [0.5, 0.6) is 0 Å². The molecule has 0 aromatic carbocycles. The monoisotopic (exact) mass is 274 g/mol. The number of aromatic amines is 1. The van der Waals surface area contributed by atoms with Crippen LogP contribution in [0, 0.1) is 6.92 Å². The minimum atomic E-state index is -0.389. The number of carbonyl (C=O) groups excluding carboxylic acids is 1. The Hall–Kier alpha value is -1.14. The number of hydrogen-bond acceptors (Lipinski definition) is 3. The van der Waals surface area contributed by atoms with Gasteiger partial charge in [-0.2, -0.15) is 0 Å². The fourth-order valence-corrected chi connectivity index (χ4v) is 1.50. The maximum atomic E-state index is 11.7. The first-order valence-electron chi connectivity index (χ1n) is 4.19. The molecule has 0 saturated heterocycles. The summed E-state index contributed by atoms with van der Waals surface area (Å²) < 4.78 is 0.400. The average molecular weight is 275 g/mol. The van der Waals surface area contributed by atoms with E-state index in [9.17, 15) is 9.59 Å². The fourth-order valence-electron chi connectivity index (χ4n) is 1.06. The Morgan fingerprint density at radius 3 is 2.73 bits per heavy atom. The third-order valence-electron chi connectivity index (χ3n) is 1.97. The van der Waals surface area contributed by atoms with E-state index in [1.807, 2.05) is 0 Å².